The third kappa shape index (κ3) is 2.87. The number of hydrogen-bond donors (Lipinski definition) is 1. The number of sulfonamides is 1. The second kappa shape index (κ2) is 5.79. The molecule has 1 fully saturated rings. The quantitative estimate of drug-likeness (QED) is 0.927. The molecule has 0 amide bonds. The van der Waals surface area contributed by atoms with Gasteiger partial charge in [-0.05, 0) is 43.4 Å². The fraction of sp³-hybridized carbons (Fsp3) is 0.571. The molecule has 2 atom stereocenters. The number of nitrogens with two attached hydrogens (primary N) is 1. The van der Waals surface area contributed by atoms with Crippen LogP contribution in [0.4, 0.5) is 4.39 Å². The summed E-state index contributed by atoms with van der Waals surface area (Å²) >= 11 is 0. The van der Waals surface area contributed by atoms with Crippen LogP contribution < -0.4 is 5.73 Å². The number of aryl methyl sites for hydroxylation is 1. The number of benzene rings is 1. The predicted molar refractivity (Wildman–Crippen MR) is 76.3 cm³/mol. The maximum Gasteiger partial charge on any atom is 0.243 e. The zero-order valence-electron chi connectivity index (χ0n) is 11.8. The van der Waals surface area contributed by atoms with Crippen molar-refractivity contribution in [2.45, 2.75) is 37.6 Å². The van der Waals surface area contributed by atoms with Crippen molar-refractivity contribution in [3.63, 3.8) is 0 Å². The molecule has 1 aliphatic heterocycles. The van der Waals surface area contributed by atoms with Crippen molar-refractivity contribution in [2.24, 2.45) is 11.7 Å². The van der Waals surface area contributed by atoms with E-state index in [0.29, 0.717) is 18.0 Å². The molecule has 1 saturated heterocycles. The molecule has 0 saturated carbocycles. The van der Waals surface area contributed by atoms with Crippen molar-refractivity contribution in [2.75, 3.05) is 13.1 Å². The van der Waals surface area contributed by atoms with Crippen LogP contribution in [0.3, 0.4) is 0 Å². The Morgan fingerprint density at radius 1 is 1.45 bits per heavy atom. The predicted octanol–water partition coefficient (Wildman–Crippen LogP) is 1.88. The molecule has 1 aliphatic rings. The second-order valence-corrected chi connectivity index (χ2v) is 7.40. The minimum absolute atomic E-state index is 0.0468. The molecule has 1 aromatic rings. The van der Waals surface area contributed by atoms with Crippen LogP contribution in [0.25, 0.3) is 0 Å². The molecule has 0 spiro atoms. The first-order valence-electron chi connectivity index (χ1n) is 6.84. The highest BCUT2D eigenvalue weighted by molar-refractivity contribution is 7.89. The van der Waals surface area contributed by atoms with E-state index in [-0.39, 0.29) is 17.5 Å². The number of nitrogens with zero attached hydrogens (tertiary/aromatic N) is 1. The average Bonchev–Trinajstić information content (AvgIpc) is 2.40. The van der Waals surface area contributed by atoms with Crippen LogP contribution in [0.1, 0.15) is 25.3 Å². The van der Waals surface area contributed by atoms with Crippen molar-refractivity contribution in [3.8, 4) is 0 Å². The molecular formula is C14H21FN2O2S. The van der Waals surface area contributed by atoms with Crippen molar-refractivity contribution >= 4 is 10.0 Å². The fourth-order valence-electron chi connectivity index (χ4n) is 2.74. The van der Waals surface area contributed by atoms with Crippen LogP contribution in [0.15, 0.2) is 23.1 Å². The first kappa shape index (κ1) is 15.4. The van der Waals surface area contributed by atoms with E-state index in [2.05, 4.69) is 6.92 Å². The SMILES string of the molecule is Cc1ccc(F)cc1S(=O)(=O)N1CCC(C)CC1CN. The summed E-state index contributed by atoms with van der Waals surface area (Å²) in [7, 11) is -3.69. The van der Waals surface area contributed by atoms with Crippen molar-refractivity contribution < 1.29 is 12.8 Å². The van der Waals surface area contributed by atoms with Crippen LogP contribution in [0.5, 0.6) is 0 Å². The molecule has 6 heteroatoms. The minimum atomic E-state index is -3.69. The summed E-state index contributed by atoms with van der Waals surface area (Å²) in [4.78, 5) is 0.0468. The highest BCUT2D eigenvalue weighted by atomic mass is 32.2. The molecule has 0 aliphatic carbocycles. The van der Waals surface area contributed by atoms with Gasteiger partial charge in [0.2, 0.25) is 10.0 Å². The van der Waals surface area contributed by atoms with Gasteiger partial charge in [0, 0.05) is 19.1 Å². The van der Waals surface area contributed by atoms with Crippen LogP contribution in [-0.2, 0) is 10.0 Å². The topological polar surface area (TPSA) is 63.4 Å². The molecule has 0 aromatic heterocycles. The third-order valence-electron chi connectivity index (χ3n) is 3.93. The van der Waals surface area contributed by atoms with Crippen molar-refractivity contribution in [3.05, 3.63) is 29.6 Å². The van der Waals surface area contributed by atoms with Gasteiger partial charge in [0.1, 0.15) is 5.82 Å². The lowest BCUT2D eigenvalue weighted by Crippen LogP contribution is -2.49. The lowest BCUT2D eigenvalue weighted by atomic mass is 9.94. The number of halogens is 1. The van der Waals surface area contributed by atoms with Gasteiger partial charge in [-0.2, -0.15) is 4.31 Å². The molecule has 2 N–H and O–H groups in total. The molecule has 1 heterocycles. The van der Waals surface area contributed by atoms with E-state index in [1.807, 2.05) is 0 Å². The number of rotatable bonds is 3. The van der Waals surface area contributed by atoms with Crippen LogP contribution in [0.2, 0.25) is 0 Å². The molecular weight excluding hydrogens is 279 g/mol. The van der Waals surface area contributed by atoms with E-state index in [4.69, 9.17) is 5.73 Å². The Bertz CT molecular complexity index is 589. The number of piperidine rings is 1. The Labute approximate surface area is 119 Å². The molecule has 2 unspecified atom stereocenters. The van der Waals surface area contributed by atoms with E-state index in [1.54, 1.807) is 6.92 Å². The van der Waals surface area contributed by atoms with E-state index < -0.39 is 15.8 Å². The summed E-state index contributed by atoms with van der Waals surface area (Å²) in [6.07, 6.45) is 1.56. The molecule has 0 bridgehead atoms. The van der Waals surface area contributed by atoms with Gasteiger partial charge in [-0.25, -0.2) is 12.8 Å². The Morgan fingerprint density at radius 3 is 2.80 bits per heavy atom. The zero-order valence-corrected chi connectivity index (χ0v) is 12.7. The maximum absolute atomic E-state index is 13.4. The monoisotopic (exact) mass is 300 g/mol. The smallest absolute Gasteiger partial charge is 0.243 e. The molecule has 20 heavy (non-hydrogen) atoms. The fourth-order valence-corrected chi connectivity index (χ4v) is 4.64. The Balaban J connectivity index is 2.41. The first-order chi connectivity index (χ1) is 9.36. The van der Waals surface area contributed by atoms with Gasteiger partial charge in [0.25, 0.3) is 0 Å². The van der Waals surface area contributed by atoms with Crippen molar-refractivity contribution in [1.82, 2.24) is 4.31 Å². The maximum atomic E-state index is 13.4. The Kier molecular flexibility index (Phi) is 4.46. The largest absolute Gasteiger partial charge is 0.329 e. The van der Waals surface area contributed by atoms with Gasteiger partial charge in [-0.3, -0.25) is 0 Å². The Hall–Kier alpha value is -0.980. The van der Waals surface area contributed by atoms with Gasteiger partial charge >= 0.3 is 0 Å². The number of hydrogen-bond acceptors (Lipinski definition) is 3. The summed E-state index contributed by atoms with van der Waals surface area (Å²) in [5, 5.41) is 0. The van der Waals surface area contributed by atoms with Gasteiger partial charge in [0.15, 0.2) is 0 Å². The first-order valence-corrected chi connectivity index (χ1v) is 8.28. The van der Waals surface area contributed by atoms with E-state index in [0.717, 1.165) is 18.9 Å². The van der Waals surface area contributed by atoms with Crippen LogP contribution in [-0.4, -0.2) is 31.9 Å². The van der Waals surface area contributed by atoms with Crippen LogP contribution >= 0.6 is 0 Å². The molecule has 1 aromatic carbocycles. The summed E-state index contributed by atoms with van der Waals surface area (Å²) in [5.41, 5.74) is 6.27. The molecule has 2 rings (SSSR count). The normalized spacial score (nSPS) is 24.8. The molecule has 4 nitrogen and oxygen atoms in total. The van der Waals surface area contributed by atoms with E-state index in [1.165, 1.54) is 16.4 Å². The third-order valence-corrected chi connectivity index (χ3v) is 6.03. The standard InChI is InChI=1S/C14H21FN2O2S/c1-10-5-6-17(13(7-10)9-16)20(18,19)14-8-12(15)4-3-11(14)2/h3-4,8,10,13H,5-7,9,16H2,1-2H3. The summed E-state index contributed by atoms with van der Waals surface area (Å²) in [6.45, 7) is 4.51. The van der Waals surface area contributed by atoms with Gasteiger partial charge in [-0.15, -0.1) is 0 Å². The zero-order chi connectivity index (χ0) is 14.9. The highest BCUT2D eigenvalue weighted by Gasteiger charge is 2.35. The van der Waals surface area contributed by atoms with Gasteiger partial charge < -0.3 is 5.73 Å². The van der Waals surface area contributed by atoms with Crippen LogP contribution in [0, 0.1) is 18.7 Å². The lowest BCUT2D eigenvalue weighted by Gasteiger charge is -2.37. The summed E-state index contributed by atoms with van der Waals surface area (Å²) in [6, 6.07) is 3.65. The van der Waals surface area contributed by atoms with E-state index >= 15 is 0 Å². The van der Waals surface area contributed by atoms with Gasteiger partial charge in [-0.1, -0.05) is 13.0 Å². The van der Waals surface area contributed by atoms with Gasteiger partial charge in [0.05, 0.1) is 4.90 Å². The summed E-state index contributed by atoms with van der Waals surface area (Å²) < 4.78 is 40.3. The minimum Gasteiger partial charge on any atom is -0.329 e. The van der Waals surface area contributed by atoms with E-state index in [9.17, 15) is 12.8 Å². The highest BCUT2D eigenvalue weighted by Crippen LogP contribution is 2.29. The molecule has 112 valence electrons. The van der Waals surface area contributed by atoms with Crippen molar-refractivity contribution in [1.29, 1.82) is 0 Å². The Morgan fingerprint density at radius 2 is 2.15 bits per heavy atom. The molecule has 0 radical (unpaired) electrons. The average molecular weight is 300 g/mol. The second-order valence-electron chi connectivity index (χ2n) is 5.54. The lowest BCUT2D eigenvalue weighted by molar-refractivity contribution is 0.211. The summed E-state index contributed by atoms with van der Waals surface area (Å²) in [5.74, 6) is -0.0764.